The number of ether oxygens (including phenoxy) is 2. The van der Waals surface area contributed by atoms with Crippen LogP contribution < -0.4 is 4.90 Å². The summed E-state index contributed by atoms with van der Waals surface area (Å²) in [5, 5.41) is 1.48. The molecule has 3 rings (SSSR count). The molecule has 0 N–H and O–H groups in total. The summed E-state index contributed by atoms with van der Waals surface area (Å²) < 4.78 is 10.6. The summed E-state index contributed by atoms with van der Waals surface area (Å²) in [5.74, 6) is -0.363. The Kier molecular flexibility index (Phi) is 4.45. The summed E-state index contributed by atoms with van der Waals surface area (Å²) >= 11 is 6.14. The molecule has 22 heavy (non-hydrogen) atoms. The highest BCUT2D eigenvalue weighted by Crippen LogP contribution is 2.32. The van der Waals surface area contributed by atoms with Crippen LogP contribution >= 0.6 is 11.6 Å². The van der Waals surface area contributed by atoms with E-state index in [0.29, 0.717) is 30.4 Å². The van der Waals surface area contributed by atoms with Gasteiger partial charge in [-0.05, 0) is 25.1 Å². The maximum absolute atomic E-state index is 12.3. The van der Waals surface area contributed by atoms with Gasteiger partial charge in [0.15, 0.2) is 0 Å². The average Bonchev–Trinajstić information content (AvgIpc) is 2.54. The van der Waals surface area contributed by atoms with Crippen LogP contribution in [0.3, 0.4) is 0 Å². The van der Waals surface area contributed by atoms with E-state index in [-0.39, 0.29) is 5.97 Å². The molecule has 0 unspecified atom stereocenters. The topological polar surface area (TPSA) is 51.7 Å². The Morgan fingerprint density at radius 2 is 2.18 bits per heavy atom. The fourth-order valence-corrected chi connectivity index (χ4v) is 2.81. The van der Waals surface area contributed by atoms with E-state index in [4.69, 9.17) is 21.1 Å². The number of nitrogens with zero attached hydrogens (tertiary/aromatic N) is 2. The molecule has 0 saturated carbocycles. The fourth-order valence-electron chi connectivity index (χ4n) is 2.64. The molecule has 5 nitrogen and oxygen atoms in total. The van der Waals surface area contributed by atoms with Crippen molar-refractivity contribution in [3.8, 4) is 0 Å². The number of hydrogen-bond donors (Lipinski definition) is 0. The first-order valence-corrected chi connectivity index (χ1v) is 7.66. The number of halogens is 1. The molecule has 0 atom stereocenters. The van der Waals surface area contributed by atoms with Crippen molar-refractivity contribution in [2.75, 3.05) is 37.8 Å². The van der Waals surface area contributed by atoms with Crippen LogP contribution in [0.1, 0.15) is 17.3 Å². The van der Waals surface area contributed by atoms with E-state index in [0.717, 1.165) is 29.7 Å². The van der Waals surface area contributed by atoms with Gasteiger partial charge in [-0.15, -0.1) is 0 Å². The van der Waals surface area contributed by atoms with Gasteiger partial charge in [-0.1, -0.05) is 11.6 Å². The minimum Gasteiger partial charge on any atom is -0.462 e. The smallest absolute Gasteiger partial charge is 0.341 e. The first kappa shape index (κ1) is 15.1. The highest BCUT2D eigenvalue weighted by Gasteiger charge is 2.23. The number of anilines is 1. The summed E-state index contributed by atoms with van der Waals surface area (Å²) in [4.78, 5) is 18.8. The molecule has 0 radical (unpaired) electrons. The number of morpholine rings is 1. The van der Waals surface area contributed by atoms with Crippen LogP contribution in [-0.2, 0) is 9.47 Å². The van der Waals surface area contributed by atoms with E-state index in [1.807, 2.05) is 12.1 Å². The summed E-state index contributed by atoms with van der Waals surface area (Å²) in [6, 6.07) is 5.50. The van der Waals surface area contributed by atoms with E-state index in [9.17, 15) is 4.79 Å². The Balaban J connectivity index is 2.18. The highest BCUT2D eigenvalue weighted by molar-refractivity contribution is 6.31. The number of carbonyl (C=O) groups excluding carboxylic acids is 1. The van der Waals surface area contributed by atoms with E-state index in [1.165, 1.54) is 0 Å². The molecule has 1 saturated heterocycles. The lowest BCUT2D eigenvalue weighted by Crippen LogP contribution is -2.37. The summed E-state index contributed by atoms with van der Waals surface area (Å²) in [6.07, 6.45) is 1.58. The summed E-state index contributed by atoms with van der Waals surface area (Å²) in [6.45, 7) is 4.82. The molecule has 2 aromatic rings. The van der Waals surface area contributed by atoms with Gasteiger partial charge in [-0.25, -0.2) is 4.79 Å². The quantitative estimate of drug-likeness (QED) is 0.814. The number of hydrogen-bond acceptors (Lipinski definition) is 5. The third-order valence-corrected chi connectivity index (χ3v) is 3.86. The van der Waals surface area contributed by atoms with Gasteiger partial charge in [-0.2, -0.15) is 0 Å². The maximum atomic E-state index is 12.3. The zero-order valence-corrected chi connectivity index (χ0v) is 13.1. The minimum absolute atomic E-state index is 0.328. The van der Waals surface area contributed by atoms with Crippen molar-refractivity contribution in [3.63, 3.8) is 0 Å². The van der Waals surface area contributed by atoms with Crippen LogP contribution in [0.4, 0.5) is 5.69 Å². The number of carbonyl (C=O) groups is 1. The Morgan fingerprint density at radius 3 is 2.91 bits per heavy atom. The van der Waals surface area contributed by atoms with Gasteiger partial charge < -0.3 is 14.4 Å². The summed E-state index contributed by atoms with van der Waals surface area (Å²) in [7, 11) is 0. The lowest BCUT2D eigenvalue weighted by molar-refractivity contribution is 0.0526. The lowest BCUT2D eigenvalue weighted by atomic mass is 10.1. The SMILES string of the molecule is CCOC(=O)c1cnc2ccc(Cl)cc2c1N1CCOCC1. The molecule has 0 amide bonds. The number of pyridine rings is 1. The van der Waals surface area contributed by atoms with Crippen molar-refractivity contribution in [2.45, 2.75) is 6.92 Å². The van der Waals surface area contributed by atoms with Gasteiger partial charge in [0.2, 0.25) is 0 Å². The Bertz CT molecular complexity index is 699. The first-order valence-electron chi connectivity index (χ1n) is 7.28. The van der Waals surface area contributed by atoms with Crippen molar-refractivity contribution in [3.05, 3.63) is 35.0 Å². The van der Waals surface area contributed by atoms with Crippen LogP contribution in [0.15, 0.2) is 24.4 Å². The van der Waals surface area contributed by atoms with Gasteiger partial charge >= 0.3 is 5.97 Å². The van der Waals surface area contributed by atoms with Crippen molar-refractivity contribution >= 4 is 34.2 Å². The van der Waals surface area contributed by atoms with Crippen molar-refractivity contribution in [1.29, 1.82) is 0 Å². The number of benzene rings is 1. The molecule has 1 aromatic carbocycles. The molecule has 1 aromatic heterocycles. The van der Waals surface area contributed by atoms with E-state index in [1.54, 1.807) is 19.2 Å². The van der Waals surface area contributed by atoms with Gasteiger partial charge in [0.25, 0.3) is 0 Å². The largest absolute Gasteiger partial charge is 0.462 e. The average molecular weight is 321 g/mol. The van der Waals surface area contributed by atoms with Gasteiger partial charge in [0.1, 0.15) is 5.56 Å². The predicted molar refractivity (Wildman–Crippen MR) is 85.7 cm³/mol. The molecule has 116 valence electrons. The molecular formula is C16H17ClN2O3. The van der Waals surface area contributed by atoms with Crippen LogP contribution in [0.25, 0.3) is 10.9 Å². The third-order valence-electron chi connectivity index (χ3n) is 3.62. The molecule has 0 bridgehead atoms. The minimum atomic E-state index is -0.363. The number of aromatic nitrogens is 1. The second kappa shape index (κ2) is 6.50. The lowest BCUT2D eigenvalue weighted by Gasteiger charge is -2.31. The molecule has 1 aliphatic rings. The Labute approximate surface area is 133 Å². The number of rotatable bonds is 3. The second-order valence-corrected chi connectivity index (χ2v) is 5.44. The van der Waals surface area contributed by atoms with Gasteiger partial charge in [-0.3, -0.25) is 4.98 Å². The molecular weight excluding hydrogens is 304 g/mol. The predicted octanol–water partition coefficient (Wildman–Crippen LogP) is 2.90. The van der Waals surface area contributed by atoms with Gasteiger partial charge in [0.05, 0.1) is 31.0 Å². The Morgan fingerprint density at radius 1 is 1.41 bits per heavy atom. The maximum Gasteiger partial charge on any atom is 0.341 e. The first-order chi connectivity index (χ1) is 10.7. The zero-order valence-electron chi connectivity index (χ0n) is 12.3. The third kappa shape index (κ3) is 2.87. The van der Waals surface area contributed by atoms with Crippen molar-refractivity contribution in [2.24, 2.45) is 0 Å². The number of esters is 1. The zero-order chi connectivity index (χ0) is 15.5. The van der Waals surface area contributed by atoms with Crippen molar-refractivity contribution < 1.29 is 14.3 Å². The van der Waals surface area contributed by atoms with Crippen molar-refractivity contribution in [1.82, 2.24) is 4.98 Å². The van der Waals surface area contributed by atoms with Crippen LogP contribution in [0, 0.1) is 0 Å². The fraction of sp³-hybridized carbons (Fsp3) is 0.375. The van der Waals surface area contributed by atoms with Gasteiger partial charge in [0, 0.05) is 29.7 Å². The van der Waals surface area contributed by atoms with Crippen LogP contribution in [-0.4, -0.2) is 43.9 Å². The monoisotopic (exact) mass is 320 g/mol. The van der Waals surface area contributed by atoms with E-state index < -0.39 is 0 Å². The summed E-state index contributed by atoms with van der Waals surface area (Å²) in [5.41, 5.74) is 2.10. The molecule has 1 fully saturated rings. The van der Waals surface area contributed by atoms with Crippen LogP contribution in [0.5, 0.6) is 0 Å². The Hall–Kier alpha value is -1.85. The normalized spacial score (nSPS) is 15.1. The molecule has 1 aliphatic heterocycles. The molecule has 2 heterocycles. The molecule has 6 heteroatoms. The number of fused-ring (bicyclic) bond motifs is 1. The second-order valence-electron chi connectivity index (χ2n) is 5.00. The highest BCUT2D eigenvalue weighted by atomic mass is 35.5. The van der Waals surface area contributed by atoms with Crippen LogP contribution in [0.2, 0.25) is 5.02 Å². The molecule has 0 spiro atoms. The van der Waals surface area contributed by atoms with E-state index >= 15 is 0 Å². The molecule has 0 aliphatic carbocycles. The standard InChI is InChI=1S/C16H17ClN2O3/c1-2-22-16(20)13-10-18-14-4-3-11(17)9-12(14)15(13)19-5-7-21-8-6-19/h3-4,9-10H,2,5-8H2,1H3. The van der Waals surface area contributed by atoms with E-state index in [2.05, 4.69) is 9.88 Å².